The molecular weight excluding hydrogens is 264 g/mol. The van der Waals surface area contributed by atoms with Crippen molar-refractivity contribution in [1.29, 1.82) is 0 Å². The lowest BCUT2D eigenvalue weighted by atomic mass is 9.95. The number of nitrogens with one attached hydrogen (secondary N) is 1. The zero-order valence-corrected chi connectivity index (χ0v) is 13.5. The molecule has 2 rings (SSSR count). The molecule has 1 aromatic rings. The van der Waals surface area contributed by atoms with E-state index in [1.165, 1.54) is 37.8 Å². The summed E-state index contributed by atoms with van der Waals surface area (Å²) in [7, 11) is 0. The van der Waals surface area contributed by atoms with E-state index in [9.17, 15) is 9.90 Å². The maximum Gasteiger partial charge on any atom is 0.253 e. The Morgan fingerprint density at radius 3 is 2.67 bits per heavy atom. The fourth-order valence-corrected chi connectivity index (χ4v) is 3.40. The Kier molecular flexibility index (Phi) is 5.45. The van der Waals surface area contributed by atoms with Crippen molar-refractivity contribution in [2.24, 2.45) is 0 Å². The van der Waals surface area contributed by atoms with E-state index in [-0.39, 0.29) is 12.0 Å². The molecule has 2 N–H and O–H groups in total. The van der Waals surface area contributed by atoms with Crippen molar-refractivity contribution >= 4 is 5.91 Å². The molecular formula is C17H28N2O2. The number of aromatic nitrogens is 1. The fourth-order valence-electron chi connectivity index (χ4n) is 3.40. The van der Waals surface area contributed by atoms with E-state index in [1.807, 2.05) is 13.0 Å². The molecule has 1 aliphatic carbocycles. The van der Waals surface area contributed by atoms with Crippen LogP contribution in [-0.2, 0) is 0 Å². The fraction of sp³-hybridized carbons (Fsp3) is 0.706. The van der Waals surface area contributed by atoms with Gasteiger partial charge in [-0.15, -0.1) is 0 Å². The second-order valence-electron chi connectivity index (χ2n) is 6.34. The number of rotatable bonds is 5. The van der Waals surface area contributed by atoms with E-state index < -0.39 is 0 Å². The van der Waals surface area contributed by atoms with Crippen molar-refractivity contribution in [3.8, 4) is 0 Å². The summed E-state index contributed by atoms with van der Waals surface area (Å²) in [6, 6.07) is 2.56. The maximum absolute atomic E-state index is 12.3. The highest BCUT2D eigenvalue weighted by Gasteiger charge is 2.22. The standard InChI is InChI=1S/C17H28N2O2/c1-12-11-16(17(21)18-10-9-13(2)20)14(3)19(12)15-7-5-4-6-8-15/h11,13,15,20H,4-10H2,1-3H3,(H,18,21). The lowest BCUT2D eigenvalue weighted by molar-refractivity contribution is 0.0944. The Balaban J connectivity index is 2.08. The molecule has 0 aliphatic heterocycles. The van der Waals surface area contributed by atoms with Gasteiger partial charge in [-0.2, -0.15) is 0 Å². The van der Waals surface area contributed by atoms with E-state index in [2.05, 4.69) is 16.8 Å². The molecule has 1 saturated carbocycles. The number of carbonyl (C=O) groups excluding carboxylic acids is 1. The van der Waals surface area contributed by atoms with Crippen LogP contribution in [0.15, 0.2) is 6.07 Å². The molecule has 1 heterocycles. The molecule has 118 valence electrons. The second kappa shape index (κ2) is 7.12. The quantitative estimate of drug-likeness (QED) is 0.876. The average molecular weight is 292 g/mol. The van der Waals surface area contributed by atoms with Gasteiger partial charge in [0.15, 0.2) is 0 Å². The SMILES string of the molecule is Cc1cc(C(=O)NCCC(C)O)c(C)n1C1CCCCC1. The number of aryl methyl sites for hydroxylation is 1. The van der Waals surface area contributed by atoms with E-state index >= 15 is 0 Å². The molecule has 1 amide bonds. The molecule has 4 heteroatoms. The van der Waals surface area contributed by atoms with Gasteiger partial charge in [0, 0.05) is 24.0 Å². The third-order valence-electron chi connectivity index (χ3n) is 4.52. The molecule has 1 atom stereocenters. The largest absolute Gasteiger partial charge is 0.393 e. The molecule has 1 fully saturated rings. The Morgan fingerprint density at radius 1 is 1.38 bits per heavy atom. The van der Waals surface area contributed by atoms with Crippen molar-refractivity contribution in [2.75, 3.05) is 6.54 Å². The normalized spacial score (nSPS) is 17.7. The number of nitrogens with zero attached hydrogens (tertiary/aromatic N) is 1. The predicted molar refractivity (Wildman–Crippen MR) is 84.7 cm³/mol. The number of amides is 1. The topological polar surface area (TPSA) is 54.3 Å². The summed E-state index contributed by atoms with van der Waals surface area (Å²) >= 11 is 0. The van der Waals surface area contributed by atoms with E-state index in [0.29, 0.717) is 19.0 Å². The van der Waals surface area contributed by atoms with Gasteiger partial charge in [-0.1, -0.05) is 19.3 Å². The zero-order valence-electron chi connectivity index (χ0n) is 13.5. The first kappa shape index (κ1) is 16.1. The average Bonchev–Trinajstić information content (AvgIpc) is 2.74. The molecule has 0 radical (unpaired) electrons. The number of hydrogen-bond donors (Lipinski definition) is 2. The number of aliphatic hydroxyl groups is 1. The van der Waals surface area contributed by atoms with Crippen LogP contribution in [0.25, 0.3) is 0 Å². The van der Waals surface area contributed by atoms with Crippen LogP contribution in [-0.4, -0.2) is 28.2 Å². The first-order valence-corrected chi connectivity index (χ1v) is 8.15. The lowest BCUT2D eigenvalue weighted by Crippen LogP contribution is -2.27. The van der Waals surface area contributed by atoms with Crippen LogP contribution in [0.2, 0.25) is 0 Å². The van der Waals surface area contributed by atoms with E-state index in [0.717, 1.165) is 11.3 Å². The number of carbonyl (C=O) groups is 1. The van der Waals surface area contributed by atoms with Gasteiger partial charge in [0.2, 0.25) is 0 Å². The molecule has 0 bridgehead atoms. The molecule has 0 aromatic carbocycles. The van der Waals surface area contributed by atoms with Crippen LogP contribution in [0.1, 0.15) is 73.2 Å². The summed E-state index contributed by atoms with van der Waals surface area (Å²) in [5, 5.41) is 12.2. The summed E-state index contributed by atoms with van der Waals surface area (Å²) in [5.41, 5.74) is 3.04. The highest BCUT2D eigenvalue weighted by Crippen LogP contribution is 2.32. The molecule has 21 heavy (non-hydrogen) atoms. The third-order valence-corrected chi connectivity index (χ3v) is 4.52. The maximum atomic E-state index is 12.3. The highest BCUT2D eigenvalue weighted by molar-refractivity contribution is 5.95. The molecule has 4 nitrogen and oxygen atoms in total. The summed E-state index contributed by atoms with van der Waals surface area (Å²) in [6.07, 6.45) is 6.57. The monoisotopic (exact) mass is 292 g/mol. The van der Waals surface area contributed by atoms with Gasteiger partial charge < -0.3 is 15.0 Å². The van der Waals surface area contributed by atoms with Crippen molar-refractivity contribution < 1.29 is 9.90 Å². The number of hydrogen-bond acceptors (Lipinski definition) is 2. The van der Waals surface area contributed by atoms with E-state index in [1.54, 1.807) is 6.92 Å². The molecule has 1 unspecified atom stereocenters. The van der Waals surface area contributed by atoms with E-state index in [4.69, 9.17) is 0 Å². The summed E-state index contributed by atoms with van der Waals surface area (Å²) in [6.45, 7) is 6.39. The van der Waals surface area contributed by atoms with Crippen molar-refractivity contribution in [3.05, 3.63) is 23.0 Å². The van der Waals surface area contributed by atoms with Crippen molar-refractivity contribution in [3.63, 3.8) is 0 Å². The highest BCUT2D eigenvalue weighted by atomic mass is 16.3. The summed E-state index contributed by atoms with van der Waals surface area (Å²) < 4.78 is 2.35. The Hall–Kier alpha value is -1.29. The second-order valence-corrected chi connectivity index (χ2v) is 6.34. The van der Waals surface area contributed by atoms with Crippen LogP contribution in [0.4, 0.5) is 0 Å². The van der Waals surface area contributed by atoms with Crippen LogP contribution >= 0.6 is 0 Å². The minimum atomic E-state index is -0.375. The molecule has 0 saturated heterocycles. The van der Waals surface area contributed by atoms with Gasteiger partial charge in [-0.25, -0.2) is 0 Å². The smallest absolute Gasteiger partial charge is 0.253 e. The van der Waals surface area contributed by atoms with Gasteiger partial charge >= 0.3 is 0 Å². The van der Waals surface area contributed by atoms with Gasteiger partial charge in [0.1, 0.15) is 0 Å². The van der Waals surface area contributed by atoms with Gasteiger partial charge in [0.25, 0.3) is 5.91 Å². The third kappa shape index (κ3) is 3.88. The minimum Gasteiger partial charge on any atom is -0.393 e. The zero-order chi connectivity index (χ0) is 15.4. The van der Waals surface area contributed by atoms with Crippen LogP contribution in [0.5, 0.6) is 0 Å². The molecule has 1 aliphatic rings. The van der Waals surface area contributed by atoms with Crippen molar-refractivity contribution in [1.82, 2.24) is 9.88 Å². The Morgan fingerprint density at radius 2 is 2.05 bits per heavy atom. The summed E-state index contributed by atoms with van der Waals surface area (Å²) in [4.78, 5) is 12.3. The van der Waals surface area contributed by atoms with Gasteiger partial charge in [0.05, 0.1) is 11.7 Å². The van der Waals surface area contributed by atoms with Crippen molar-refractivity contribution in [2.45, 2.75) is 71.4 Å². The predicted octanol–water partition coefficient (Wildman–Crippen LogP) is 3.11. The molecule has 1 aromatic heterocycles. The molecule has 0 spiro atoms. The van der Waals surface area contributed by atoms with Gasteiger partial charge in [-0.3, -0.25) is 4.79 Å². The lowest BCUT2D eigenvalue weighted by Gasteiger charge is -2.26. The summed E-state index contributed by atoms with van der Waals surface area (Å²) in [5.74, 6) is -0.0224. The first-order chi connectivity index (χ1) is 10.0. The van der Waals surface area contributed by atoms with Crippen LogP contribution < -0.4 is 5.32 Å². The van der Waals surface area contributed by atoms with Gasteiger partial charge in [-0.05, 0) is 46.1 Å². The van der Waals surface area contributed by atoms with Crippen LogP contribution in [0, 0.1) is 13.8 Å². The number of aliphatic hydroxyl groups excluding tert-OH is 1. The minimum absolute atomic E-state index is 0.0224. The Bertz CT molecular complexity index is 485. The Labute approximate surface area is 127 Å². The first-order valence-electron chi connectivity index (χ1n) is 8.15. The van der Waals surface area contributed by atoms with Crippen LogP contribution in [0.3, 0.4) is 0 Å².